The number of hydrogen-bond donors (Lipinski definition) is 1. The van der Waals surface area contributed by atoms with E-state index in [2.05, 4.69) is 0 Å². The molecule has 0 aromatic heterocycles. The fraction of sp³-hybridized carbons (Fsp3) is 0.562. The minimum atomic E-state index is -0.368. The van der Waals surface area contributed by atoms with Crippen LogP contribution in [-0.2, 0) is 4.79 Å². The first-order chi connectivity index (χ1) is 9.56. The Morgan fingerprint density at radius 2 is 2.25 bits per heavy atom. The Kier molecular flexibility index (Phi) is 5.01. The number of aryl methyl sites for hydroxylation is 2. The summed E-state index contributed by atoms with van der Waals surface area (Å²) in [5, 5.41) is 9.57. The highest BCUT2D eigenvalue weighted by molar-refractivity contribution is 5.76. The molecule has 1 aliphatic heterocycles. The summed E-state index contributed by atoms with van der Waals surface area (Å²) >= 11 is 0. The van der Waals surface area contributed by atoms with Gasteiger partial charge in [0.25, 0.3) is 0 Å². The Morgan fingerprint density at radius 1 is 1.45 bits per heavy atom. The van der Waals surface area contributed by atoms with Crippen LogP contribution >= 0.6 is 0 Å². The molecule has 20 heavy (non-hydrogen) atoms. The van der Waals surface area contributed by atoms with Crippen molar-refractivity contribution in [2.24, 2.45) is 0 Å². The molecule has 2 rings (SSSR count). The Morgan fingerprint density at radius 3 is 3.00 bits per heavy atom. The molecule has 1 aliphatic rings. The molecule has 1 atom stereocenters. The average Bonchev–Trinajstić information content (AvgIpc) is 2.42. The Hall–Kier alpha value is -1.55. The average molecular weight is 277 g/mol. The number of ether oxygens (including phenoxy) is 1. The highest BCUT2D eigenvalue weighted by Gasteiger charge is 2.21. The van der Waals surface area contributed by atoms with Crippen LogP contribution in [0.2, 0.25) is 0 Å². The van der Waals surface area contributed by atoms with Crippen LogP contribution in [0.1, 0.15) is 30.4 Å². The van der Waals surface area contributed by atoms with Gasteiger partial charge >= 0.3 is 0 Å². The predicted molar refractivity (Wildman–Crippen MR) is 77.8 cm³/mol. The summed E-state index contributed by atoms with van der Waals surface area (Å²) < 4.78 is 5.70. The number of amides is 1. The van der Waals surface area contributed by atoms with E-state index in [1.165, 1.54) is 0 Å². The normalized spacial score (nSPS) is 18.9. The maximum absolute atomic E-state index is 12.0. The van der Waals surface area contributed by atoms with Crippen LogP contribution < -0.4 is 4.74 Å². The summed E-state index contributed by atoms with van der Waals surface area (Å²) in [6.45, 7) is 5.61. The number of aliphatic hydroxyl groups excluding tert-OH is 1. The summed E-state index contributed by atoms with van der Waals surface area (Å²) in [6.07, 6.45) is 1.67. The molecule has 0 radical (unpaired) electrons. The van der Waals surface area contributed by atoms with Gasteiger partial charge in [-0.05, 0) is 43.9 Å². The third-order valence-electron chi connectivity index (χ3n) is 3.67. The summed E-state index contributed by atoms with van der Waals surface area (Å²) in [5.41, 5.74) is 2.23. The SMILES string of the molecule is Cc1ccc(C)c(OCCC(=O)N2CCCC(O)C2)c1. The Labute approximate surface area is 120 Å². The molecular formula is C16H23NO3. The van der Waals surface area contributed by atoms with Crippen LogP contribution in [0.15, 0.2) is 18.2 Å². The van der Waals surface area contributed by atoms with Gasteiger partial charge in [-0.2, -0.15) is 0 Å². The largest absolute Gasteiger partial charge is 0.493 e. The quantitative estimate of drug-likeness (QED) is 0.916. The van der Waals surface area contributed by atoms with Crippen molar-refractivity contribution in [3.05, 3.63) is 29.3 Å². The van der Waals surface area contributed by atoms with Crippen molar-refractivity contribution >= 4 is 5.91 Å². The van der Waals surface area contributed by atoms with E-state index in [-0.39, 0.29) is 12.0 Å². The van der Waals surface area contributed by atoms with E-state index in [4.69, 9.17) is 4.74 Å². The van der Waals surface area contributed by atoms with Gasteiger partial charge in [0.2, 0.25) is 5.91 Å². The lowest BCUT2D eigenvalue weighted by molar-refractivity contribution is -0.134. The van der Waals surface area contributed by atoms with E-state index < -0.39 is 0 Å². The number of rotatable bonds is 4. The van der Waals surface area contributed by atoms with Crippen LogP contribution in [0, 0.1) is 13.8 Å². The van der Waals surface area contributed by atoms with Gasteiger partial charge in [0.15, 0.2) is 0 Å². The van der Waals surface area contributed by atoms with Crippen molar-refractivity contribution in [3.8, 4) is 5.75 Å². The molecular weight excluding hydrogens is 254 g/mol. The number of likely N-dealkylation sites (tertiary alicyclic amines) is 1. The third-order valence-corrected chi connectivity index (χ3v) is 3.67. The number of nitrogens with zero attached hydrogens (tertiary/aromatic N) is 1. The van der Waals surface area contributed by atoms with Gasteiger partial charge in [0.1, 0.15) is 5.75 Å². The van der Waals surface area contributed by atoms with E-state index >= 15 is 0 Å². The summed E-state index contributed by atoms with van der Waals surface area (Å²) in [6, 6.07) is 6.06. The van der Waals surface area contributed by atoms with Crippen LogP contribution in [0.4, 0.5) is 0 Å². The number of aliphatic hydroxyl groups is 1. The number of hydrogen-bond acceptors (Lipinski definition) is 3. The summed E-state index contributed by atoms with van der Waals surface area (Å²) in [7, 11) is 0. The molecule has 1 aromatic rings. The molecule has 0 saturated carbocycles. The first-order valence-electron chi connectivity index (χ1n) is 7.22. The topological polar surface area (TPSA) is 49.8 Å². The number of carbonyl (C=O) groups is 1. The van der Waals surface area contributed by atoms with Gasteiger partial charge in [0, 0.05) is 13.1 Å². The fourth-order valence-corrected chi connectivity index (χ4v) is 2.45. The molecule has 1 amide bonds. The minimum Gasteiger partial charge on any atom is -0.493 e. The van der Waals surface area contributed by atoms with E-state index in [1.54, 1.807) is 4.90 Å². The second-order valence-electron chi connectivity index (χ2n) is 5.50. The third kappa shape index (κ3) is 3.97. The van der Waals surface area contributed by atoms with E-state index in [0.29, 0.717) is 19.6 Å². The van der Waals surface area contributed by atoms with Crippen molar-refractivity contribution in [1.82, 2.24) is 4.90 Å². The molecule has 1 aromatic carbocycles. The van der Waals surface area contributed by atoms with Gasteiger partial charge in [-0.25, -0.2) is 0 Å². The smallest absolute Gasteiger partial charge is 0.226 e. The van der Waals surface area contributed by atoms with Crippen molar-refractivity contribution in [2.45, 2.75) is 39.2 Å². The molecule has 4 heteroatoms. The van der Waals surface area contributed by atoms with Crippen molar-refractivity contribution in [3.63, 3.8) is 0 Å². The van der Waals surface area contributed by atoms with Crippen LogP contribution in [0.3, 0.4) is 0 Å². The standard InChI is InChI=1S/C16H23NO3/c1-12-5-6-13(2)15(10-12)20-9-7-16(19)17-8-3-4-14(18)11-17/h5-6,10,14,18H,3-4,7-9,11H2,1-2H3. The summed E-state index contributed by atoms with van der Waals surface area (Å²) in [5.74, 6) is 0.908. The molecule has 4 nitrogen and oxygen atoms in total. The highest BCUT2D eigenvalue weighted by Crippen LogP contribution is 2.19. The van der Waals surface area contributed by atoms with Gasteiger partial charge in [-0.3, -0.25) is 4.79 Å². The van der Waals surface area contributed by atoms with E-state index in [0.717, 1.165) is 36.3 Å². The zero-order valence-corrected chi connectivity index (χ0v) is 12.3. The molecule has 0 bridgehead atoms. The van der Waals surface area contributed by atoms with E-state index in [9.17, 15) is 9.90 Å². The Balaban J connectivity index is 1.80. The molecule has 1 heterocycles. The van der Waals surface area contributed by atoms with Crippen molar-refractivity contribution in [2.75, 3.05) is 19.7 Å². The maximum atomic E-state index is 12.0. The molecule has 1 saturated heterocycles. The van der Waals surface area contributed by atoms with Gasteiger partial charge in [-0.1, -0.05) is 12.1 Å². The highest BCUT2D eigenvalue weighted by atomic mass is 16.5. The maximum Gasteiger partial charge on any atom is 0.226 e. The zero-order chi connectivity index (χ0) is 14.5. The molecule has 1 N–H and O–H groups in total. The lowest BCUT2D eigenvalue weighted by Crippen LogP contribution is -2.42. The number of piperidine rings is 1. The van der Waals surface area contributed by atoms with Gasteiger partial charge < -0.3 is 14.7 Å². The Bertz CT molecular complexity index is 473. The van der Waals surface area contributed by atoms with Crippen LogP contribution in [0.5, 0.6) is 5.75 Å². The van der Waals surface area contributed by atoms with E-state index in [1.807, 2.05) is 32.0 Å². The monoisotopic (exact) mass is 277 g/mol. The van der Waals surface area contributed by atoms with Gasteiger partial charge in [0.05, 0.1) is 19.1 Å². The van der Waals surface area contributed by atoms with Crippen LogP contribution in [-0.4, -0.2) is 41.7 Å². The minimum absolute atomic E-state index is 0.0639. The fourth-order valence-electron chi connectivity index (χ4n) is 2.45. The number of carbonyl (C=O) groups excluding carboxylic acids is 1. The second kappa shape index (κ2) is 6.75. The number of benzene rings is 1. The molecule has 1 unspecified atom stereocenters. The summed E-state index contributed by atoms with van der Waals surface area (Å²) in [4.78, 5) is 13.8. The molecule has 1 fully saturated rings. The molecule has 0 aliphatic carbocycles. The predicted octanol–water partition coefficient (Wildman–Crippen LogP) is 2.06. The lowest BCUT2D eigenvalue weighted by Gasteiger charge is -2.30. The molecule has 110 valence electrons. The van der Waals surface area contributed by atoms with Crippen molar-refractivity contribution < 1.29 is 14.6 Å². The second-order valence-corrected chi connectivity index (χ2v) is 5.50. The first-order valence-corrected chi connectivity index (χ1v) is 7.22. The van der Waals surface area contributed by atoms with Crippen molar-refractivity contribution in [1.29, 1.82) is 0 Å². The van der Waals surface area contributed by atoms with Gasteiger partial charge in [-0.15, -0.1) is 0 Å². The first kappa shape index (κ1) is 14.9. The zero-order valence-electron chi connectivity index (χ0n) is 12.3. The lowest BCUT2D eigenvalue weighted by atomic mass is 10.1. The molecule has 0 spiro atoms. The van der Waals surface area contributed by atoms with Crippen LogP contribution in [0.25, 0.3) is 0 Å². The number of β-amino-alcohol motifs (C(OH)–C–C–N with tert-alkyl or cyclic N) is 1.